The molecule has 36 heavy (non-hydrogen) atoms. The smallest absolute Gasteiger partial charge is 0.244 e. The van der Waals surface area contributed by atoms with Gasteiger partial charge in [0.05, 0.1) is 13.0 Å². The quantitative estimate of drug-likeness (QED) is 0.127. The topological polar surface area (TPSA) is 152 Å². The molecule has 4 amide bonds. The van der Waals surface area contributed by atoms with E-state index in [0.29, 0.717) is 38.0 Å². The highest BCUT2D eigenvalue weighted by atomic mass is 32.1. The Bertz CT molecular complexity index is 793. The Morgan fingerprint density at radius 1 is 1.06 bits per heavy atom. The van der Waals surface area contributed by atoms with Crippen molar-refractivity contribution in [1.29, 1.82) is 0 Å². The number of nitrogens with two attached hydrogens (primary N) is 1. The van der Waals surface area contributed by atoms with E-state index in [-0.39, 0.29) is 30.4 Å². The molecule has 204 valence electrons. The van der Waals surface area contributed by atoms with Gasteiger partial charge >= 0.3 is 0 Å². The lowest BCUT2D eigenvalue weighted by Gasteiger charge is -2.27. The van der Waals surface area contributed by atoms with Crippen LogP contribution in [0.25, 0.3) is 0 Å². The minimum atomic E-state index is -0.994. The molecule has 1 aliphatic heterocycles. The molecule has 0 aromatic heterocycles. The standard InChI is InChI=1S/C24H41N5O5S2/c1-15(2)21-24(33)26-13-16(3)34-17(8-5-7-11-35)12-20(30)27-18(9-4-6-10-25)22(31)28-19(14-36)23(32)29-21/h5,8,15,17-19,21,35-36H,3-4,6-7,9-14,25H2,1-2H3,(H,26,33)(H,27,30)(H,28,31)(H,29,32)/b8-5+/t17-,18-,19-,21-/m1/s1. The molecule has 12 heteroatoms. The van der Waals surface area contributed by atoms with Gasteiger partial charge in [-0.2, -0.15) is 25.3 Å². The van der Waals surface area contributed by atoms with Crippen LogP contribution in [0.3, 0.4) is 0 Å². The van der Waals surface area contributed by atoms with Crippen LogP contribution in [0, 0.1) is 5.92 Å². The van der Waals surface area contributed by atoms with Crippen LogP contribution in [-0.2, 0) is 23.9 Å². The fourth-order valence-corrected chi connectivity index (χ4v) is 3.88. The van der Waals surface area contributed by atoms with Crippen LogP contribution in [0.5, 0.6) is 0 Å². The molecule has 0 unspecified atom stereocenters. The molecule has 1 fully saturated rings. The SMILES string of the molecule is C=C1CNC(=O)[C@@H](C(C)C)NC(=O)[C@@H](CS)NC(=O)[C@@H](CCCCN)NC(=O)C[C@@H](/C=C/CCS)O1. The van der Waals surface area contributed by atoms with Crippen LogP contribution in [0.4, 0.5) is 0 Å². The highest BCUT2D eigenvalue weighted by Gasteiger charge is 2.31. The maximum Gasteiger partial charge on any atom is 0.244 e. The third kappa shape index (κ3) is 11.7. The van der Waals surface area contributed by atoms with Crippen LogP contribution >= 0.6 is 25.3 Å². The molecule has 0 spiro atoms. The van der Waals surface area contributed by atoms with E-state index in [1.165, 1.54) is 0 Å². The van der Waals surface area contributed by atoms with Crippen LogP contribution in [-0.4, -0.2) is 72.5 Å². The fourth-order valence-electron chi connectivity index (χ4n) is 3.48. The first-order valence-electron chi connectivity index (χ1n) is 12.2. The molecular weight excluding hydrogens is 502 g/mol. The zero-order valence-corrected chi connectivity index (χ0v) is 22.9. The van der Waals surface area contributed by atoms with Crippen molar-refractivity contribution < 1.29 is 23.9 Å². The summed E-state index contributed by atoms with van der Waals surface area (Å²) < 4.78 is 5.83. The molecular formula is C24H41N5O5S2. The molecule has 1 aliphatic rings. The molecule has 1 rings (SSSR count). The highest BCUT2D eigenvalue weighted by Crippen LogP contribution is 2.11. The molecule has 0 aromatic carbocycles. The Labute approximate surface area is 224 Å². The number of hydrogen-bond donors (Lipinski definition) is 7. The van der Waals surface area contributed by atoms with Crippen molar-refractivity contribution >= 4 is 48.9 Å². The highest BCUT2D eigenvalue weighted by molar-refractivity contribution is 7.80. The molecule has 0 aliphatic carbocycles. The van der Waals surface area contributed by atoms with Gasteiger partial charge in [-0.05, 0) is 50.0 Å². The van der Waals surface area contributed by atoms with Crippen LogP contribution in [0.2, 0.25) is 0 Å². The minimum absolute atomic E-state index is 0.00486. The van der Waals surface area contributed by atoms with Gasteiger partial charge in [-0.1, -0.05) is 26.5 Å². The number of carbonyl (C=O) groups excluding carboxylic acids is 4. The monoisotopic (exact) mass is 543 g/mol. The number of carbonyl (C=O) groups is 4. The van der Waals surface area contributed by atoms with Gasteiger partial charge in [-0.3, -0.25) is 19.2 Å². The van der Waals surface area contributed by atoms with Crippen LogP contribution < -0.4 is 27.0 Å². The summed E-state index contributed by atoms with van der Waals surface area (Å²) in [6.07, 6.45) is 5.19. The number of allylic oxidation sites excluding steroid dienone is 1. The average molecular weight is 544 g/mol. The van der Waals surface area contributed by atoms with Gasteiger partial charge in [-0.25, -0.2) is 0 Å². The Balaban J connectivity index is 3.25. The second kappa shape index (κ2) is 17.3. The first-order chi connectivity index (χ1) is 17.1. The third-order valence-corrected chi connectivity index (χ3v) is 6.10. The van der Waals surface area contributed by atoms with Crippen LogP contribution in [0.15, 0.2) is 24.5 Å². The number of nitrogens with one attached hydrogen (secondary N) is 4. The van der Waals surface area contributed by atoms with Gasteiger partial charge in [0.1, 0.15) is 30.0 Å². The van der Waals surface area contributed by atoms with E-state index in [1.807, 2.05) is 6.08 Å². The predicted molar refractivity (Wildman–Crippen MR) is 147 cm³/mol. The Hall–Kier alpha value is -2.18. The van der Waals surface area contributed by atoms with E-state index in [4.69, 9.17) is 10.5 Å². The summed E-state index contributed by atoms with van der Waals surface area (Å²) in [6.45, 7) is 7.91. The normalized spacial score (nSPS) is 25.2. The lowest BCUT2D eigenvalue weighted by molar-refractivity contribution is -0.134. The molecule has 4 atom stereocenters. The van der Waals surface area contributed by atoms with Gasteiger partial charge in [-0.15, -0.1) is 0 Å². The Kier molecular flexibility index (Phi) is 15.3. The summed E-state index contributed by atoms with van der Waals surface area (Å²) in [4.78, 5) is 51.6. The van der Waals surface area contributed by atoms with Gasteiger partial charge < -0.3 is 31.7 Å². The van der Waals surface area contributed by atoms with E-state index in [2.05, 4.69) is 53.1 Å². The van der Waals surface area contributed by atoms with Crippen molar-refractivity contribution in [3.05, 3.63) is 24.5 Å². The van der Waals surface area contributed by atoms with Gasteiger partial charge in [0, 0.05) is 5.75 Å². The summed E-state index contributed by atoms with van der Waals surface area (Å²) in [5, 5.41) is 10.8. The van der Waals surface area contributed by atoms with E-state index < -0.39 is 47.9 Å². The number of thiol groups is 2. The van der Waals surface area contributed by atoms with Crippen molar-refractivity contribution in [2.45, 2.75) is 70.2 Å². The van der Waals surface area contributed by atoms with E-state index >= 15 is 0 Å². The summed E-state index contributed by atoms with van der Waals surface area (Å²) in [7, 11) is 0. The van der Waals surface area contributed by atoms with E-state index in [0.717, 1.165) is 0 Å². The molecule has 6 N–H and O–H groups in total. The first kappa shape index (κ1) is 31.8. The summed E-state index contributed by atoms with van der Waals surface area (Å²) >= 11 is 8.39. The molecule has 0 bridgehead atoms. The van der Waals surface area contributed by atoms with Crippen LogP contribution in [0.1, 0.15) is 46.0 Å². The number of amides is 4. The zero-order valence-electron chi connectivity index (χ0n) is 21.1. The lowest BCUT2D eigenvalue weighted by Crippen LogP contribution is -2.58. The Morgan fingerprint density at radius 2 is 1.75 bits per heavy atom. The van der Waals surface area contributed by atoms with Gasteiger partial charge in [0.15, 0.2) is 0 Å². The van der Waals surface area contributed by atoms with Crippen molar-refractivity contribution in [3.8, 4) is 0 Å². The van der Waals surface area contributed by atoms with Gasteiger partial charge in [0.2, 0.25) is 23.6 Å². The lowest BCUT2D eigenvalue weighted by atomic mass is 10.0. The Morgan fingerprint density at radius 3 is 2.36 bits per heavy atom. The molecule has 0 radical (unpaired) electrons. The number of rotatable bonds is 9. The van der Waals surface area contributed by atoms with Gasteiger partial charge in [0.25, 0.3) is 0 Å². The largest absolute Gasteiger partial charge is 0.489 e. The fraction of sp³-hybridized carbons (Fsp3) is 0.667. The third-order valence-electron chi connectivity index (χ3n) is 5.47. The second-order valence-electron chi connectivity index (χ2n) is 8.94. The maximum atomic E-state index is 13.1. The summed E-state index contributed by atoms with van der Waals surface area (Å²) in [5.74, 6) is -1.21. The van der Waals surface area contributed by atoms with E-state index in [1.54, 1.807) is 19.9 Å². The number of unbranched alkanes of at least 4 members (excludes halogenated alkanes) is 1. The first-order valence-corrected chi connectivity index (χ1v) is 13.5. The number of ether oxygens (including phenoxy) is 1. The number of hydrogen-bond acceptors (Lipinski definition) is 8. The molecule has 0 saturated carbocycles. The predicted octanol–water partition coefficient (Wildman–Crippen LogP) is 0.451. The molecule has 1 heterocycles. The van der Waals surface area contributed by atoms with Crippen molar-refractivity contribution in [2.75, 3.05) is 24.6 Å². The minimum Gasteiger partial charge on any atom is -0.489 e. The summed E-state index contributed by atoms with van der Waals surface area (Å²) in [6, 6.07) is -2.71. The van der Waals surface area contributed by atoms with Crippen molar-refractivity contribution in [1.82, 2.24) is 21.3 Å². The van der Waals surface area contributed by atoms with Crippen molar-refractivity contribution in [2.24, 2.45) is 11.7 Å². The zero-order chi connectivity index (χ0) is 27.1. The molecule has 0 aromatic rings. The average Bonchev–Trinajstić information content (AvgIpc) is 2.82. The van der Waals surface area contributed by atoms with Crippen molar-refractivity contribution in [3.63, 3.8) is 0 Å². The second-order valence-corrected chi connectivity index (χ2v) is 9.75. The molecule has 1 saturated heterocycles. The van der Waals surface area contributed by atoms with E-state index in [9.17, 15) is 19.2 Å². The molecule has 10 nitrogen and oxygen atoms in total. The summed E-state index contributed by atoms with van der Waals surface area (Å²) in [5.41, 5.74) is 5.58. The maximum absolute atomic E-state index is 13.1.